The molecule has 0 unspecified atom stereocenters. The summed E-state index contributed by atoms with van der Waals surface area (Å²) in [7, 11) is 0. The number of aromatic carboxylic acids is 2. The molecular formula is C27H25NO4. The highest BCUT2D eigenvalue weighted by Crippen LogP contribution is 2.33. The molecule has 0 radical (unpaired) electrons. The number of hydrogen-bond acceptors (Lipinski definition) is 3. The average molecular weight is 428 g/mol. The van der Waals surface area contributed by atoms with Crippen molar-refractivity contribution in [2.75, 3.05) is 0 Å². The quantitative estimate of drug-likeness (QED) is 0.397. The van der Waals surface area contributed by atoms with Gasteiger partial charge in [-0.15, -0.1) is 0 Å². The molecule has 0 spiro atoms. The third kappa shape index (κ3) is 4.19. The molecule has 3 aromatic carbocycles. The van der Waals surface area contributed by atoms with Crippen molar-refractivity contribution in [1.29, 1.82) is 0 Å². The van der Waals surface area contributed by atoms with E-state index in [1.54, 1.807) is 11.1 Å². The molecule has 0 fully saturated rings. The van der Waals surface area contributed by atoms with Crippen LogP contribution >= 0.6 is 0 Å². The lowest BCUT2D eigenvalue weighted by molar-refractivity contribution is 0.0646. The number of rotatable bonds is 3. The van der Waals surface area contributed by atoms with Crippen LogP contribution in [-0.4, -0.2) is 27.1 Å². The molecule has 0 atom stereocenters. The normalized spacial score (nSPS) is 12.7. The first-order chi connectivity index (χ1) is 15.5. The first-order valence-corrected chi connectivity index (χ1v) is 10.9. The standard InChI is InChI=1S/C18H16.C9H9NO4/c1-3-7-15-13(5-1)9-11-18-16-8-4-2-6-14(16)10-12-17(15)18;1-2-5-3-6(8(11)12)7(9(13)14)10-4-5/h1,3,5,7,9-12H,2,4,6,8H2;3-4H,2H2,1H3,(H,11,12)(H,13,14). The van der Waals surface area contributed by atoms with Crippen LogP contribution < -0.4 is 0 Å². The number of hydrogen-bond donors (Lipinski definition) is 2. The molecule has 1 heterocycles. The lowest BCUT2D eigenvalue weighted by atomic mass is 9.86. The van der Waals surface area contributed by atoms with Crippen LogP contribution in [0.4, 0.5) is 0 Å². The van der Waals surface area contributed by atoms with Crippen LogP contribution in [0, 0.1) is 0 Å². The highest BCUT2D eigenvalue weighted by atomic mass is 16.4. The Morgan fingerprint density at radius 3 is 2.38 bits per heavy atom. The summed E-state index contributed by atoms with van der Waals surface area (Å²) in [5.74, 6) is -2.60. The summed E-state index contributed by atoms with van der Waals surface area (Å²) >= 11 is 0. The number of nitrogens with zero attached hydrogens (tertiary/aromatic N) is 1. The van der Waals surface area contributed by atoms with Gasteiger partial charge in [0, 0.05) is 6.20 Å². The Kier molecular flexibility index (Phi) is 6.17. The third-order valence-electron chi connectivity index (χ3n) is 6.04. The SMILES string of the molecule is CCc1cnc(C(=O)O)c(C(=O)O)c1.c1ccc2c(c1)ccc1c3c(ccc12)CCCC3. The minimum atomic E-state index is -1.33. The molecule has 0 saturated heterocycles. The van der Waals surface area contributed by atoms with E-state index in [9.17, 15) is 9.59 Å². The van der Waals surface area contributed by atoms with Crippen molar-refractivity contribution in [1.82, 2.24) is 4.98 Å². The zero-order valence-electron chi connectivity index (χ0n) is 18.0. The fourth-order valence-electron chi connectivity index (χ4n) is 4.38. The zero-order valence-corrected chi connectivity index (χ0v) is 18.0. The summed E-state index contributed by atoms with van der Waals surface area (Å²) in [6.45, 7) is 1.84. The smallest absolute Gasteiger partial charge is 0.355 e. The average Bonchev–Trinajstić information content (AvgIpc) is 2.83. The van der Waals surface area contributed by atoms with Crippen molar-refractivity contribution in [3.8, 4) is 0 Å². The van der Waals surface area contributed by atoms with Crippen LogP contribution in [0.2, 0.25) is 0 Å². The highest BCUT2D eigenvalue weighted by molar-refractivity contribution is 6.08. The molecule has 0 aliphatic heterocycles. The van der Waals surface area contributed by atoms with E-state index >= 15 is 0 Å². The number of aryl methyl sites for hydroxylation is 3. The second-order valence-corrected chi connectivity index (χ2v) is 8.00. The van der Waals surface area contributed by atoms with E-state index in [-0.39, 0.29) is 5.56 Å². The van der Waals surface area contributed by atoms with E-state index < -0.39 is 17.6 Å². The predicted octanol–water partition coefficient (Wildman–Crippen LogP) is 5.91. The van der Waals surface area contributed by atoms with E-state index in [0.717, 1.165) is 0 Å². The molecule has 5 rings (SSSR count). The van der Waals surface area contributed by atoms with Gasteiger partial charge in [-0.25, -0.2) is 14.6 Å². The molecule has 4 aromatic rings. The molecule has 0 saturated carbocycles. The largest absolute Gasteiger partial charge is 0.478 e. The number of benzene rings is 3. The summed E-state index contributed by atoms with van der Waals surface area (Å²) < 4.78 is 0. The highest BCUT2D eigenvalue weighted by Gasteiger charge is 2.17. The van der Waals surface area contributed by atoms with Gasteiger partial charge in [-0.3, -0.25) is 0 Å². The van der Waals surface area contributed by atoms with Crippen molar-refractivity contribution in [2.24, 2.45) is 0 Å². The van der Waals surface area contributed by atoms with Gasteiger partial charge < -0.3 is 10.2 Å². The number of carboxylic acids is 2. The number of carboxylic acid groups (broad SMARTS) is 2. The van der Waals surface area contributed by atoms with Crippen LogP contribution in [0.3, 0.4) is 0 Å². The third-order valence-corrected chi connectivity index (χ3v) is 6.04. The summed E-state index contributed by atoms with van der Waals surface area (Å²) in [5, 5.41) is 23.0. The maximum atomic E-state index is 10.7. The topological polar surface area (TPSA) is 87.5 Å². The van der Waals surface area contributed by atoms with Gasteiger partial charge in [0.1, 0.15) is 0 Å². The minimum Gasteiger partial charge on any atom is -0.478 e. The van der Waals surface area contributed by atoms with Crippen LogP contribution in [-0.2, 0) is 19.3 Å². The monoisotopic (exact) mass is 427 g/mol. The Hall–Kier alpha value is -3.73. The van der Waals surface area contributed by atoms with Crippen molar-refractivity contribution < 1.29 is 19.8 Å². The predicted molar refractivity (Wildman–Crippen MR) is 126 cm³/mol. The lowest BCUT2D eigenvalue weighted by Crippen LogP contribution is -2.11. The van der Waals surface area contributed by atoms with E-state index in [4.69, 9.17) is 10.2 Å². The van der Waals surface area contributed by atoms with Gasteiger partial charge in [0.15, 0.2) is 5.69 Å². The first kappa shape index (κ1) is 21.5. The maximum absolute atomic E-state index is 10.7. The lowest BCUT2D eigenvalue weighted by Gasteiger charge is -2.18. The molecule has 32 heavy (non-hydrogen) atoms. The van der Waals surface area contributed by atoms with Gasteiger partial charge in [-0.1, -0.05) is 55.5 Å². The van der Waals surface area contributed by atoms with E-state index in [1.165, 1.54) is 59.5 Å². The number of carbonyl (C=O) groups is 2. The molecule has 0 bridgehead atoms. The van der Waals surface area contributed by atoms with Gasteiger partial charge in [-0.2, -0.15) is 0 Å². The Labute approximate surface area is 186 Å². The van der Waals surface area contributed by atoms with Gasteiger partial charge in [0.2, 0.25) is 0 Å². The maximum Gasteiger partial charge on any atom is 0.355 e. The fourth-order valence-corrected chi connectivity index (χ4v) is 4.38. The summed E-state index contributed by atoms with van der Waals surface area (Å²) in [6, 6.07) is 19.3. The fraction of sp³-hybridized carbons (Fsp3) is 0.222. The molecule has 2 N–H and O–H groups in total. The molecule has 1 aromatic heterocycles. The second-order valence-electron chi connectivity index (χ2n) is 8.00. The van der Waals surface area contributed by atoms with Crippen LogP contribution in [0.25, 0.3) is 21.5 Å². The van der Waals surface area contributed by atoms with Crippen LogP contribution in [0.15, 0.2) is 60.8 Å². The molecule has 5 heteroatoms. The second kappa shape index (κ2) is 9.18. The number of aromatic nitrogens is 1. The van der Waals surface area contributed by atoms with Crippen molar-refractivity contribution in [3.05, 3.63) is 88.7 Å². The van der Waals surface area contributed by atoms with Crippen molar-refractivity contribution in [3.63, 3.8) is 0 Å². The Morgan fingerprint density at radius 2 is 1.62 bits per heavy atom. The summed E-state index contributed by atoms with van der Waals surface area (Å²) in [4.78, 5) is 24.9. The van der Waals surface area contributed by atoms with E-state index in [1.807, 2.05) is 6.92 Å². The zero-order chi connectivity index (χ0) is 22.7. The molecule has 162 valence electrons. The number of fused-ring (bicyclic) bond motifs is 5. The Morgan fingerprint density at radius 1 is 0.875 bits per heavy atom. The van der Waals surface area contributed by atoms with E-state index in [0.29, 0.717) is 12.0 Å². The first-order valence-electron chi connectivity index (χ1n) is 10.9. The van der Waals surface area contributed by atoms with Crippen molar-refractivity contribution >= 4 is 33.5 Å². The van der Waals surface area contributed by atoms with Gasteiger partial charge in [-0.05, 0) is 76.4 Å². The van der Waals surface area contributed by atoms with Crippen molar-refractivity contribution in [2.45, 2.75) is 39.0 Å². The van der Waals surface area contributed by atoms with Crippen LogP contribution in [0.5, 0.6) is 0 Å². The molecule has 0 amide bonds. The Bertz CT molecular complexity index is 1330. The molecule has 5 nitrogen and oxygen atoms in total. The summed E-state index contributed by atoms with van der Waals surface area (Å²) in [5.41, 5.74) is 3.19. The van der Waals surface area contributed by atoms with Gasteiger partial charge in [0.25, 0.3) is 0 Å². The van der Waals surface area contributed by atoms with Gasteiger partial charge in [0.05, 0.1) is 5.56 Å². The Balaban J connectivity index is 0.000000159. The minimum absolute atomic E-state index is 0.267. The molecular weight excluding hydrogens is 402 g/mol. The van der Waals surface area contributed by atoms with E-state index in [2.05, 4.69) is 53.5 Å². The number of pyridine rings is 1. The van der Waals surface area contributed by atoms with Crippen LogP contribution in [0.1, 0.15) is 57.3 Å². The summed E-state index contributed by atoms with van der Waals surface area (Å²) in [6.07, 6.45) is 7.21. The molecule has 1 aliphatic rings. The molecule has 1 aliphatic carbocycles. The van der Waals surface area contributed by atoms with Gasteiger partial charge >= 0.3 is 11.9 Å².